The van der Waals surface area contributed by atoms with Gasteiger partial charge in [0.1, 0.15) is 11.6 Å². The molecule has 0 bridgehead atoms. The number of unbranched alkanes of at least 4 members (excludes halogenated alkanes) is 1. The predicted octanol–water partition coefficient (Wildman–Crippen LogP) is 8.26. The first kappa shape index (κ1) is 33.5. The fourth-order valence-electron chi connectivity index (χ4n) is 6.63. The zero-order valence-electron chi connectivity index (χ0n) is 27.6. The van der Waals surface area contributed by atoms with Crippen LogP contribution in [0.25, 0.3) is 0 Å². The van der Waals surface area contributed by atoms with Gasteiger partial charge in [-0.05, 0) is 68.1 Å². The number of nitrogens with zero attached hydrogens (tertiary/aromatic N) is 2. The number of aryl methyl sites for hydroxylation is 4. The monoisotopic (exact) mass is 600 g/mol. The van der Waals surface area contributed by atoms with E-state index in [1.807, 2.05) is 41.8 Å². The first-order valence-electron chi connectivity index (χ1n) is 16.9. The van der Waals surface area contributed by atoms with Gasteiger partial charge in [-0.25, -0.2) is 9.78 Å². The molecule has 44 heavy (non-hydrogen) atoms. The Morgan fingerprint density at radius 3 is 2.20 bits per heavy atom. The van der Waals surface area contributed by atoms with Gasteiger partial charge in [0.05, 0.1) is 12.8 Å². The summed E-state index contributed by atoms with van der Waals surface area (Å²) < 4.78 is 13.7. The highest BCUT2D eigenvalue weighted by Crippen LogP contribution is 2.34. The molecule has 1 unspecified atom stereocenters. The zero-order valence-corrected chi connectivity index (χ0v) is 27.6. The molecule has 3 aromatic rings. The number of methoxy groups -OCH3 is 1. The van der Waals surface area contributed by atoms with Crippen molar-refractivity contribution < 1.29 is 14.3 Å². The lowest BCUT2D eigenvalue weighted by Crippen LogP contribution is -2.32. The van der Waals surface area contributed by atoms with Gasteiger partial charge in [-0.3, -0.25) is 9.36 Å². The third-order valence-electron chi connectivity index (χ3n) is 8.95. The van der Waals surface area contributed by atoms with Crippen LogP contribution in [0.2, 0.25) is 0 Å². The van der Waals surface area contributed by atoms with Crippen molar-refractivity contribution in [3.05, 3.63) is 92.2 Å². The van der Waals surface area contributed by atoms with E-state index in [4.69, 9.17) is 14.5 Å². The van der Waals surface area contributed by atoms with Crippen LogP contribution in [0.4, 0.5) is 0 Å². The van der Waals surface area contributed by atoms with E-state index >= 15 is 0 Å². The van der Waals surface area contributed by atoms with E-state index in [1.165, 1.54) is 39.2 Å². The lowest BCUT2D eigenvalue weighted by molar-refractivity contribution is -0.149. The van der Waals surface area contributed by atoms with E-state index in [0.29, 0.717) is 12.3 Å². The predicted molar refractivity (Wildman–Crippen MR) is 177 cm³/mol. The SMILES string of the molecule is CCCCc1nc(C)n(CC2CCCCC2)c(=O)c1Cc1cc(CCC)c(OC(C(=O)OC)c2ccccc2)c(CCC)c1. The Hall–Kier alpha value is -3.41. The van der Waals surface area contributed by atoms with Crippen LogP contribution in [0.5, 0.6) is 5.75 Å². The largest absolute Gasteiger partial charge is 0.473 e. The molecule has 1 aromatic heterocycles. The summed E-state index contributed by atoms with van der Waals surface area (Å²) in [5.41, 5.74) is 5.89. The molecule has 0 N–H and O–H groups in total. The van der Waals surface area contributed by atoms with Gasteiger partial charge < -0.3 is 9.47 Å². The highest BCUT2D eigenvalue weighted by molar-refractivity contribution is 5.77. The van der Waals surface area contributed by atoms with Gasteiger partial charge in [-0.1, -0.05) is 102 Å². The van der Waals surface area contributed by atoms with Crippen molar-refractivity contribution >= 4 is 5.97 Å². The van der Waals surface area contributed by atoms with E-state index in [0.717, 1.165) is 96.6 Å². The van der Waals surface area contributed by atoms with Crippen molar-refractivity contribution in [2.24, 2.45) is 5.92 Å². The molecular weight excluding hydrogens is 548 g/mol. The maximum absolute atomic E-state index is 14.2. The molecule has 1 aliphatic carbocycles. The van der Waals surface area contributed by atoms with Crippen LogP contribution in [0.3, 0.4) is 0 Å². The summed E-state index contributed by atoms with van der Waals surface area (Å²) in [4.78, 5) is 32.2. The summed E-state index contributed by atoms with van der Waals surface area (Å²) in [6.45, 7) is 9.25. The summed E-state index contributed by atoms with van der Waals surface area (Å²) in [5, 5.41) is 0. The fourth-order valence-corrected chi connectivity index (χ4v) is 6.63. The van der Waals surface area contributed by atoms with Crippen molar-refractivity contribution in [3.63, 3.8) is 0 Å². The van der Waals surface area contributed by atoms with Crippen LogP contribution in [-0.4, -0.2) is 22.6 Å². The molecule has 6 nitrogen and oxygen atoms in total. The Balaban J connectivity index is 1.77. The van der Waals surface area contributed by atoms with Gasteiger partial charge in [-0.15, -0.1) is 0 Å². The van der Waals surface area contributed by atoms with Gasteiger partial charge in [0.15, 0.2) is 0 Å². The number of hydrogen-bond donors (Lipinski definition) is 0. The van der Waals surface area contributed by atoms with Crippen molar-refractivity contribution in [2.45, 2.75) is 124 Å². The number of ether oxygens (including phenoxy) is 2. The maximum atomic E-state index is 14.2. The van der Waals surface area contributed by atoms with Crippen LogP contribution < -0.4 is 10.3 Å². The van der Waals surface area contributed by atoms with E-state index in [9.17, 15) is 9.59 Å². The average molecular weight is 601 g/mol. The Morgan fingerprint density at radius 1 is 0.955 bits per heavy atom. The number of rotatable bonds is 15. The second kappa shape index (κ2) is 16.6. The number of esters is 1. The van der Waals surface area contributed by atoms with E-state index in [1.54, 1.807) is 0 Å². The first-order valence-corrected chi connectivity index (χ1v) is 16.9. The zero-order chi connectivity index (χ0) is 31.5. The lowest BCUT2D eigenvalue weighted by Gasteiger charge is -2.25. The Labute approximate surface area is 264 Å². The second-order valence-corrected chi connectivity index (χ2v) is 12.5. The molecule has 1 atom stereocenters. The minimum Gasteiger partial charge on any atom is -0.473 e. The molecule has 0 radical (unpaired) electrons. The quantitative estimate of drug-likeness (QED) is 0.164. The molecule has 1 fully saturated rings. The summed E-state index contributed by atoms with van der Waals surface area (Å²) in [6.07, 6.45) is 12.2. The molecule has 6 heteroatoms. The molecule has 0 aliphatic heterocycles. The standard InChI is InChI=1S/C38H52N2O4/c1-6-9-22-34-33(37(41)40(27(4)39-34)26-28-18-12-10-13-19-28)25-29-23-31(16-7-2)35(32(24-29)17-8-3)44-36(38(42)43-5)30-20-14-11-15-21-30/h11,14-15,20-21,23-24,28,36H,6-10,12-13,16-19,22,25-26H2,1-5H3. The second-order valence-electron chi connectivity index (χ2n) is 12.5. The normalized spacial score (nSPS) is 14.4. The Morgan fingerprint density at radius 2 is 1.61 bits per heavy atom. The molecule has 1 aliphatic rings. The highest BCUT2D eigenvalue weighted by atomic mass is 16.6. The third kappa shape index (κ3) is 8.40. The average Bonchev–Trinajstić information content (AvgIpc) is 3.04. The highest BCUT2D eigenvalue weighted by Gasteiger charge is 2.27. The Bertz CT molecular complexity index is 1400. The van der Waals surface area contributed by atoms with Crippen LogP contribution in [-0.2, 0) is 41.8 Å². The summed E-state index contributed by atoms with van der Waals surface area (Å²) in [5.74, 6) is 1.73. The van der Waals surface area contributed by atoms with Gasteiger partial charge >= 0.3 is 5.97 Å². The summed E-state index contributed by atoms with van der Waals surface area (Å²) >= 11 is 0. The maximum Gasteiger partial charge on any atom is 0.351 e. The number of aromatic nitrogens is 2. The van der Waals surface area contributed by atoms with Crippen molar-refractivity contribution in [1.82, 2.24) is 9.55 Å². The summed E-state index contributed by atoms with van der Waals surface area (Å²) in [7, 11) is 1.40. The third-order valence-corrected chi connectivity index (χ3v) is 8.95. The molecule has 0 spiro atoms. The molecule has 0 amide bonds. The number of carbonyl (C=O) groups is 1. The number of carbonyl (C=O) groups excluding carboxylic acids is 1. The van der Waals surface area contributed by atoms with Gasteiger partial charge in [0.2, 0.25) is 6.10 Å². The molecular formula is C38H52N2O4. The summed E-state index contributed by atoms with van der Waals surface area (Å²) in [6, 6.07) is 13.9. The van der Waals surface area contributed by atoms with Gasteiger partial charge in [0, 0.05) is 24.1 Å². The van der Waals surface area contributed by atoms with Crippen LogP contribution >= 0.6 is 0 Å². The molecule has 1 saturated carbocycles. The van der Waals surface area contributed by atoms with E-state index in [-0.39, 0.29) is 5.56 Å². The minimum atomic E-state index is -0.854. The van der Waals surface area contributed by atoms with E-state index in [2.05, 4.69) is 32.9 Å². The van der Waals surface area contributed by atoms with E-state index < -0.39 is 12.1 Å². The van der Waals surface area contributed by atoms with Crippen LogP contribution in [0, 0.1) is 12.8 Å². The van der Waals surface area contributed by atoms with Crippen LogP contribution in [0.15, 0.2) is 47.3 Å². The number of hydrogen-bond acceptors (Lipinski definition) is 5. The minimum absolute atomic E-state index is 0.124. The van der Waals surface area contributed by atoms with Gasteiger partial charge in [0.25, 0.3) is 5.56 Å². The smallest absolute Gasteiger partial charge is 0.351 e. The lowest BCUT2D eigenvalue weighted by atomic mass is 9.89. The topological polar surface area (TPSA) is 70.4 Å². The first-order chi connectivity index (χ1) is 21.4. The number of benzene rings is 2. The van der Waals surface area contributed by atoms with Crippen molar-refractivity contribution in [1.29, 1.82) is 0 Å². The molecule has 0 saturated heterocycles. The fraction of sp³-hybridized carbons (Fsp3) is 0.553. The molecule has 238 valence electrons. The molecule has 4 rings (SSSR count). The van der Waals surface area contributed by atoms with Crippen LogP contribution in [0.1, 0.15) is 124 Å². The molecule has 1 heterocycles. The van der Waals surface area contributed by atoms with Crippen molar-refractivity contribution in [3.8, 4) is 5.75 Å². The Kier molecular flexibility index (Phi) is 12.6. The van der Waals surface area contributed by atoms with Crippen molar-refractivity contribution in [2.75, 3.05) is 7.11 Å². The van der Waals surface area contributed by atoms with Gasteiger partial charge in [-0.2, -0.15) is 0 Å². The molecule has 2 aromatic carbocycles.